The van der Waals surface area contributed by atoms with Gasteiger partial charge in [-0.25, -0.2) is 4.99 Å². The van der Waals surface area contributed by atoms with E-state index in [9.17, 15) is 9.59 Å². The Morgan fingerprint density at radius 2 is 1.59 bits per heavy atom. The molecule has 0 N–H and O–H groups in total. The maximum Gasteiger partial charge on any atom is 0.289 e. The molecule has 0 saturated carbocycles. The number of hydrogen-bond acceptors (Lipinski definition) is 4. The molecule has 6 nitrogen and oxygen atoms in total. The average molecular weight is 492 g/mol. The Bertz CT molecular complexity index is 1400. The molecule has 1 aromatic heterocycles. The van der Waals surface area contributed by atoms with Crippen LogP contribution < -0.4 is 0 Å². The summed E-state index contributed by atoms with van der Waals surface area (Å²) in [5.41, 5.74) is 4.18. The molecule has 2 heterocycles. The summed E-state index contributed by atoms with van der Waals surface area (Å²) in [6, 6.07) is 29.8. The predicted octanol–water partition coefficient (Wildman–Crippen LogP) is 5.87. The molecule has 186 valence electrons. The van der Waals surface area contributed by atoms with Crippen LogP contribution in [0.4, 0.5) is 0 Å². The Labute approximate surface area is 216 Å². The van der Waals surface area contributed by atoms with Gasteiger partial charge in [-0.05, 0) is 36.6 Å². The van der Waals surface area contributed by atoms with Gasteiger partial charge in [0.1, 0.15) is 17.7 Å². The van der Waals surface area contributed by atoms with E-state index in [2.05, 4.69) is 29.2 Å². The largest absolute Gasteiger partial charge is 0.451 e. The fraction of sp³-hybridized carbons (Fsp3) is 0.194. The highest BCUT2D eigenvalue weighted by Crippen LogP contribution is 2.29. The van der Waals surface area contributed by atoms with Crippen LogP contribution in [0.25, 0.3) is 11.0 Å². The van der Waals surface area contributed by atoms with Crippen molar-refractivity contribution in [2.45, 2.75) is 19.4 Å². The Balaban J connectivity index is 1.42. The average Bonchev–Trinajstić information content (AvgIpc) is 3.38. The second-order valence-corrected chi connectivity index (χ2v) is 9.21. The van der Waals surface area contributed by atoms with Gasteiger partial charge in [-0.15, -0.1) is 0 Å². The predicted molar refractivity (Wildman–Crippen MR) is 145 cm³/mol. The minimum Gasteiger partial charge on any atom is -0.451 e. The first kappa shape index (κ1) is 24.3. The molecule has 4 aromatic rings. The van der Waals surface area contributed by atoms with Gasteiger partial charge in [-0.3, -0.25) is 9.59 Å². The Morgan fingerprint density at radius 1 is 0.973 bits per heavy atom. The monoisotopic (exact) mass is 491 g/mol. The van der Waals surface area contributed by atoms with Crippen LogP contribution in [0.3, 0.4) is 0 Å². The van der Waals surface area contributed by atoms with Crippen LogP contribution in [-0.2, 0) is 4.79 Å². The van der Waals surface area contributed by atoms with Crippen LogP contribution in [0.1, 0.15) is 41.1 Å². The first-order valence-corrected chi connectivity index (χ1v) is 12.4. The molecule has 0 saturated heterocycles. The first-order chi connectivity index (χ1) is 18.0. The zero-order chi connectivity index (χ0) is 25.8. The van der Waals surface area contributed by atoms with Crippen molar-refractivity contribution in [3.05, 3.63) is 119 Å². The van der Waals surface area contributed by atoms with E-state index in [0.717, 1.165) is 28.6 Å². The first-order valence-electron chi connectivity index (χ1n) is 12.4. The van der Waals surface area contributed by atoms with E-state index in [-0.39, 0.29) is 18.5 Å². The molecular formula is C31H29N3O3. The van der Waals surface area contributed by atoms with Crippen molar-refractivity contribution in [3.63, 3.8) is 0 Å². The van der Waals surface area contributed by atoms with Gasteiger partial charge >= 0.3 is 0 Å². The molecule has 0 radical (unpaired) electrons. The maximum atomic E-state index is 13.3. The number of furan rings is 1. The van der Waals surface area contributed by atoms with E-state index in [1.807, 2.05) is 74.6 Å². The molecule has 6 heteroatoms. The van der Waals surface area contributed by atoms with Crippen LogP contribution in [-0.4, -0.2) is 48.0 Å². The van der Waals surface area contributed by atoms with Crippen molar-refractivity contribution >= 4 is 29.0 Å². The Kier molecular flexibility index (Phi) is 6.99. The summed E-state index contributed by atoms with van der Waals surface area (Å²) in [4.78, 5) is 33.9. The van der Waals surface area contributed by atoms with Gasteiger partial charge in [0.15, 0.2) is 5.76 Å². The molecule has 1 amide bonds. The molecule has 0 aliphatic carbocycles. The van der Waals surface area contributed by atoms with Gasteiger partial charge in [-0.2, -0.15) is 0 Å². The third-order valence-corrected chi connectivity index (χ3v) is 6.85. The number of nitrogens with zero attached hydrogens (tertiary/aromatic N) is 3. The molecule has 0 spiro atoms. The molecule has 0 atom stereocenters. The molecular weight excluding hydrogens is 462 g/mol. The minimum absolute atomic E-state index is 0.0525. The fourth-order valence-electron chi connectivity index (χ4n) is 4.78. The van der Waals surface area contributed by atoms with E-state index in [1.165, 1.54) is 0 Å². The highest BCUT2D eigenvalue weighted by molar-refractivity contribution is 5.96. The summed E-state index contributed by atoms with van der Waals surface area (Å²) in [5, 5.41) is 0.885. The number of carbonyl (C=O) groups excluding carboxylic acids is 2. The van der Waals surface area contributed by atoms with Crippen molar-refractivity contribution in [3.8, 4) is 0 Å². The number of amidine groups is 1. The van der Waals surface area contributed by atoms with Gasteiger partial charge in [0.2, 0.25) is 0 Å². The third-order valence-electron chi connectivity index (χ3n) is 6.85. The normalized spacial score (nSPS) is 14.4. The number of fused-ring (bicyclic) bond motifs is 1. The van der Waals surface area contributed by atoms with E-state index in [4.69, 9.17) is 9.41 Å². The SMILES string of the molecule is CC(=NC1=C(C=O)CCN(C(=O)c2cc3ccccc3o2)C1)N(C)C(c1ccccc1)c1ccccc1. The lowest BCUT2D eigenvalue weighted by Crippen LogP contribution is -2.37. The smallest absolute Gasteiger partial charge is 0.289 e. The summed E-state index contributed by atoms with van der Waals surface area (Å²) >= 11 is 0. The van der Waals surface area contributed by atoms with Crippen LogP contribution >= 0.6 is 0 Å². The second kappa shape index (κ2) is 10.7. The van der Waals surface area contributed by atoms with Gasteiger partial charge in [0.25, 0.3) is 5.91 Å². The summed E-state index contributed by atoms with van der Waals surface area (Å²) in [6.07, 6.45) is 1.31. The van der Waals surface area contributed by atoms with E-state index in [1.54, 1.807) is 11.0 Å². The number of benzene rings is 3. The standard InChI is InChI=1S/C31H29N3O3/c1-22(33(2)30(23-11-5-3-6-12-23)24-13-7-4-8-14-24)32-27-20-34(18-17-26(27)21-35)31(36)29-19-25-15-9-10-16-28(25)37-29/h3-16,19,21,30H,17-18,20H2,1-2H3. The van der Waals surface area contributed by atoms with Crippen LogP contribution in [0.2, 0.25) is 0 Å². The summed E-state index contributed by atoms with van der Waals surface area (Å²) in [7, 11) is 2.00. The summed E-state index contributed by atoms with van der Waals surface area (Å²) < 4.78 is 5.80. The topological polar surface area (TPSA) is 66.1 Å². The number of amides is 1. The molecule has 37 heavy (non-hydrogen) atoms. The highest BCUT2D eigenvalue weighted by Gasteiger charge is 2.27. The van der Waals surface area contributed by atoms with Gasteiger partial charge in [-0.1, -0.05) is 78.9 Å². The number of hydrogen-bond donors (Lipinski definition) is 0. The molecule has 1 aliphatic rings. The highest BCUT2D eigenvalue weighted by atomic mass is 16.3. The van der Waals surface area contributed by atoms with Crippen LogP contribution in [0.5, 0.6) is 0 Å². The van der Waals surface area contributed by atoms with Gasteiger partial charge < -0.3 is 14.2 Å². The zero-order valence-corrected chi connectivity index (χ0v) is 21.0. The van der Waals surface area contributed by atoms with Gasteiger partial charge in [0, 0.05) is 24.6 Å². The van der Waals surface area contributed by atoms with Crippen molar-refractivity contribution in [1.29, 1.82) is 0 Å². The van der Waals surface area contributed by atoms with Crippen molar-refractivity contribution in [2.75, 3.05) is 20.1 Å². The number of para-hydroxylation sites is 1. The summed E-state index contributed by atoms with van der Waals surface area (Å²) in [5.74, 6) is 0.845. The van der Waals surface area contributed by atoms with Crippen molar-refractivity contribution in [2.24, 2.45) is 4.99 Å². The molecule has 0 bridgehead atoms. The van der Waals surface area contributed by atoms with Crippen molar-refractivity contribution in [1.82, 2.24) is 9.80 Å². The zero-order valence-electron chi connectivity index (χ0n) is 21.0. The second-order valence-electron chi connectivity index (χ2n) is 9.21. The lowest BCUT2D eigenvalue weighted by molar-refractivity contribution is -0.105. The lowest BCUT2D eigenvalue weighted by Gasteiger charge is -2.32. The number of rotatable bonds is 6. The van der Waals surface area contributed by atoms with Gasteiger partial charge in [0.05, 0.1) is 18.3 Å². The molecule has 0 unspecified atom stereocenters. The Morgan fingerprint density at radius 3 is 2.22 bits per heavy atom. The summed E-state index contributed by atoms with van der Waals surface area (Å²) in [6.45, 7) is 2.62. The van der Waals surface area contributed by atoms with Crippen molar-refractivity contribution < 1.29 is 14.0 Å². The third kappa shape index (κ3) is 5.09. The minimum atomic E-state index is -0.202. The molecule has 3 aromatic carbocycles. The number of aliphatic imine (C=N–C) groups is 1. The lowest BCUT2D eigenvalue weighted by atomic mass is 9.97. The Hall–Kier alpha value is -4.45. The van der Waals surface area contributed by atoms with E-state index >= 15 is 0 Å². The van der Waals surface area contributed by atoms with E-state index in [0.29, 0.717) is 35.6 Å². The molecule has 5 rings (SSSR count). The van der Waals surface area contributed by atoms with Crippen LogP contribution in [0, 0.1) is 0 Å². The van der Waals surface area contributed by atoms with Crippen LogP contribution in [0.15, 0.2) is 112 Å². The quantitative estimate of drug-likeness (QED) is 0.192. The molecule has 0 fully saturated rings. The molecule has 1 aliphatic heterocycles. The number of carbonyl (C=O) groups is 2. The fourth-order valence-corrected chi connectivity index (χ4v) is 4.78. The van der Waals surface area contributed by atoms with E-state index < -0.39 is 0 Å². The number of aldehydes is 1. The maximum absolute atomic E-state index is 13.3.